The van der Waals surface area contributed by atoms with Crippen molar-refractivity contribution >= 4 is 0 Å². The SMILES string of the molecule is C[C@H]1CCC[C@@H]2C[C@H](O)[C@]3(C[C@@]21C)OC3(C)C. The molecular weight excluding hydrogens is 212 g/mol. The van der Waals surface area contributed by atoms with Crippen LogP contribution in [0.2, 0.25) is 0 Å². The smallest absolute Gasteiger partial charge is 0.124 e. The minimum atomic E-state index is -0.249. The Labute approximate surface area is 105 Å². The Morgan fingerprint density at radius 1 is 1.18 bits per heavy atom. The molecule has 0 bridgehead atoms. The molecule has 1 saturated heterocycles. The lowest BCUT2D eigenvalue weighted by Gasteiger charge is -2.53. The van der Waals surface area contributed by atoms with Gasteiger partial charge in [0.2, 0.25) is 0 Å². The first-order chi connectivity index (χ1) is 7.82. The van der Waals surface area contributed by atoms with Gasteiger partial charge in [-0.15, -0.1) is 0 Å². The fraction of sp³-hybridized carbons (Fsp3) is 1.00. The number of aliphatic hydroxyl groups excluding tert-OH is 1. The lowest BCUT2D eigenvalue weighted by atomic mass is 9.52. The Morgan fingerprint density at radius 2 is 1.82 bits per heavy atom. The van der Waals surface area contributed by atoms with Gasteiger partial charge in [-0.3, -0.25) is 0 Å². The summed E-state index contributed by atoms with van der Waals surface area (Å²) in [5, 5.41) is 10.4. The van der Waals surface area contributed by atoms with E-state index in [0.29, 0.717) is 11.3 Å². The number of hydrogen-bond donors (Lipinski definition) is 1. The lowest BCUT2D eigenvalue weighted by molar-refractivity contribution is -0.0874. The zero-order valence-electron chi connectivity index (χ0n) is 11.6. The largest absolute Gasteiger partial charge is 0.390 e. The molecule has 3 fully saturated rings. The third-order valence-corrected chi connectivity index (χ3v) is 6.35. The fourth-order valence-corrected chi connectivity index (χ4v) is 4.73. The number of epoxide rings is 1. The standard InChI is InChI=1S/C15H26O2/c1-10-6-5-7-11-8-12(16)15(9-14(10,11)4)13(2,3)17-15/h10-12,16H,5-9H2,1-4H3/t10-,11+,12-,14+,15-/m0/s1. The number of ether oxygens (including phenoxy) is 1. The minimum Gasteiger partial charge on any atom is -0.390 e. The van der Waals surface area contributed by atoms with Crippen LogP contribution in [0.5, 0.6) is 0 Å². The maximum Gasteiger partial charge on any atom is 0.124 e. The highest BCUT2D eigenvalue weighted by molar-refractivity contribution is 5.20. The molecule has 2 aliphatic carbocycles. The number of hydrogen-bond acceptors (Lipinski definition) is 2. The van der Waals surface area contributed by atoms with Gasteiger partial charge in [-0.1, -0.05) is 26.7 Å². The molecule has 1 aliphatic heterocycles. The van der Waals surface area contributed by atoms with Crippen molar-refractivity contribution in [1.82, 2.24) is 0 Å². The summed E-state index contributed by atoms with van der Waals surface area (Å²) < 4.78 is 5.96. The summed E-state index contributed by atoms with van der Waals surface area (Å²) in [7, 11) is 0. The van der Waals surface area contributed by atoms with E-state index in [1.807, 2.05) is 0 Å². The van der Waals surface area contributed by atoms with E-state index in [1.165, 1.54) is 19.3 Å². The average molecular weight is 238 g/mol. The van der Waals surface area contributed by atoms with Crippen LogP contribution in [-0.2, 0) is 4.74 Å². The van der Waals surface area contributed by atoms with Crippen LogP contribution in [0.1, 0.15) is 59.8 Å². The summed E-state index contributed by atoms with van der Waals surface area (Å²) in [6, 6.07) is 0. The van der Waals surface area contributed by atoms with Crippen molar-refractivity contribution in [2.45, 2.75) is 77.1 Å². The van der Waals surface area contributed by atoms with Gasteiger partial charge in [0, 0.05) is 0 Å². The summed E-state index contributed by atoms with van der Waals surface area (Å²) in [5.74, 6) is 1.47. The fourth-order valence-electron chi connectivity index (χ4n) is 4.73. The maximum absolute atomic E-state index is 10.4. The van der Waals surface area contributed by atoms with Crippen molar-refractivity contribution < 1.29 is 9.84 Å². The van der Waals surface area contributed by atoms with Crippen molar-refractivity contribution in [2.75, 3.05) is 0 Å². The van der Waals surface area contributed by atoms with Crippen LogP contribution in [0, 0.1) is 17.3 Å². The number of aliphatic hydroxyl groups is 1. The second-order valence-electron chi connectivity index (χ2n) is 7.46. The number of fused-ring (bicyclic) bond motifs is 1. The molecule has 3 aliphatic rings. The van der Waals surface area contributed by atoms with Gasteiger partial charge in [0.1, 0.15) is 5.60 Å². The summed E-state index contributed by atoms with van der Waals surface area (Å²) in [6.07, 6.45) is 5.74. The van der Waals surface area contributed by atoms with Gasteiger partial charge < -0.3 is 9.84 Å². The highest BCUT2D eigenvalue weighted by atomic mass is 16.6. The van der Waals surface area contributed by atoms with Crippen molar-refractivity contribution in [1.29, 1.82) is 0 Å². The number of rotatable bonds is 0. The molecule has 3 rings (SSSR count). The highest BCUT2D eigenvalue weighted by Gasteiger charge is 2.72. The van der Waals surface area contributed by atoms with E-state index >= 15 is 0 Å². The molecule has 1 heterocycles. The first-order valence-corrected chi connectivity index (χ1v) is 7.20. The summed E-state index contributed by atoms with van der Waals surface area (Å²) in [6.45, 7) is 9.10. The van der Waals surface area contributed by atoms with Crippen molar-refractivity contribution in [3.63, 3.8) is 0 Å². The molecule has 0 radical (unpaired) electrons. The molecule has 0 aromatic heterocycles. The zero-order chi connectivity index (χ0) is 12.5. The predicted octanol–water partition coefficient (Wildman–Crippen LogP) is 3.13. The van der Waals surface area contributed by atoms with Crippen LogP contribution < -0.4 is 0 Å². The normalized spacial score (nSPS) is 56.6. The molecule has 0 unspecified atom stereocenters. The van der Waals surface area contributed by atoms with Crippen molar-refractivity contribution in [2.24, 2.45) is 17.3 Å². The van der Waals surface area contributed by atoms with Gasteiger partial charge in [-0.05, 0) is 50.4 Å². The average Bonchev–Trinajstić information content (AvgIpc) is 2.75. The van der Waals surface area contributed by atoms with E-state index in [1.54, 1.807) is 0 Å². The Morgan fingerprint density at radius 3 is 2.41 bits per heavy atom. The molecular formula is C15H26O2. The summed E-state index contributed by atoms with van der Waals surface area (Å²) in [4.78, 5) is 0. The Bertz CT molecular complexity index is 338. The van der Waals surface area contributed by atoms with E-state index < -0.39 is 0 Å². The van der Waals surface area contributed by atoms with E-state index in [9.17, 15) is 5.11 Å². The molecule has 2 nitrogen and oxygen atoms in total. The molecule has 1 N–H and O–H groups in total. The van der Waals surface area contributed by atoms with E-state index in [0.717, 1.165) is 18.8 Å². The van der Waals surface area contributed by atoms with Crippen molar-refractivity contribution in [3.8, 4) is 0 Å². The van der Waals surface area contributed by atoms with E-state index in [4.69, 9.17) is 4.74 Å². The molecule has 0 aromatic rings. The third kappa shape index (κ3) is 1.40. The Balaban J connectivity index is 1.91. The third-order valence-electron chi connectivity index (χ3n) is 6.35. The maximum atomic E-state index is 10.4. The molecule has 0 amide bonds. The molecule has 17 heavy (non-hydrogen) atoms. The van der Waals surface area contributed by atoms with E-state index in [-0.39, 0.29) is 17.3 Å². The van der Waals surface area contributed by atoms with Crippen LogP contribution in [0.4, 0.5) is 0 Å². The van der Waals surface area contributed by atoms with Gasteiger partial charge in [-0.25, -0.2) is 0 Å². The molecule has 1 spiro atoms. The van der Waals surface area contributed by atoms with Gasteiger partial charge in [-0.2, -0.15) is 0 Å². The van der Waals surface area contributed by atoms with Gasteiger partial charge in [0.25, 0.3) is 0 Å². The summed E-state index contributed by atoms with van der Waals surface area (Å²) in [5.41, 5.74) is 0.0344. The van der Waals surface area contributed by atoms with Crippen LogP contribution in [0.3, 0.4) is 0 Å². The van der Waals surface area contributed by atoms with Crippen LogP contribution in [0.15, 0.2) is 0 Å². The molecule has 2 heteroatoms. The van der Waals surface area contributed by atoms with Crippen LogP contribution in [-0.4, -0.2) is 22.4 Å². The molecule has 2 saturated carbocycles. The highest BCUT2D eigenvalue weighted by Crippen LogP contribution is 2.65. The topological polar surface area (TPSA) is 32.8 Å². The predicted molar refractivity (Wildman–Crippen MR) is 67.7 cm³/mol. The van der Waals surface area contributed by atoms with Crippen LogP contribution in [0.25, 0.3) is 0 Å². The minimum absolute atomic E-state index is 0.114. The first kappa shape index (κ1) is 12.0. The Kier molecular flexibility index (Phi) is 2.30. The van der Waals surface area contributed by atoms with Crippen LogP contribution >= 0.6 is 0 Å². The van der Waals surface area contributed by atoms with Gasteiger partial charge >= 0.3 is 0 Å². The van der Waals surface area contributed by atoms with Crippen molar-refractivity contribution in [3.05, 3.63) is 0 Å². The van der Waals surface area contributed by atoms with Gasteiger partial charge in [0.05, 0.1) is 11.7 Å². The second-order valence-corrected chi connectivity index (χ2v) is 7.46. The monoisotopic (exact) mass is 238 g/mol. The second kappa shape index (κ2) is 3.27. The molecule has 98 valence electrons. The zero-order valence-corrected chi connectivity index (χ0v) is 11.6. The quantitative estimate of drug-likeness (QED) is 0.658. The molecule has 5 atom stereocenters. The van der Waals surface area contributed by atoms with E-state index in [2.05, 4.69) is 27.7 Å². The van der Waals surface area contributed by atoms with Gasteiger partial charge in [0.15, 0.2) is 0 Å². The summed E-state index contributed by atoms with van der Waals surface area (Å²) >= 11 is 0. The first-order valence-electron chi connectivity index (χ1n) is 7.20. The lowest BCUT2D eigenvalue weighted by Crippen LogP contribution is -2.53. The Hall–Kier alpha value is -0.0800. The molecule has 0 aromatic carbocycles.